The van der Waals surface area contributed by atoms with Crippen LogP contribution in [0.3, 0.4) is 0 Å². The zero-order valence-corrected chi connectivity index (χ0v) is 15.8. The number of para-hydroxylation sites is 1. The molecule has 0 radical (unpaired) electrons. The van der Waals surface area contributed by atoms with Crippen LogP contribution in [-0.2, 0) is 21.4 Å². The average molecular weight is 381 g/mol. The number of allylic oxidation sites excluding steroid dienone is 1. The Balaban J connectivity index is 1.70. The number of aromatic nitrogens is 1. The lowest BCUT2D eigenvalue weighted by atomic mass is 9.82. The van der Waals surface area contributed by atoms with Crippen molar-refractivity contribution < 1.29 is 19.8 Å². The second-order valence-electron chi connectivity index (χ2n) is 8.51. The molecular weight excluding hydrogens is 358 g/mol. The van der Waals surface area contributed by atoms with Gasteiger partial charge in [0.25, 0.3) is 5.91 Å². The first-order valence-electron chi connectivity index (χ1n) is 9.59. The molecule has 2 unspecified atom stereocenters. The van der Waals surface area contributed by atoms with E-state index in [9.17, 15) is 19.8 Å². The molecule has 146 valence electrons. The quantitative estimate of drug-likeness (QED) is 0.634. The minimum atomic E-state index is -2.18. The fourth-order valence-electron chi connectivity index (χ4n) is 4.83. The molecule has 2 amide bonds. The van der Waals surface area contributed by atoms with Crippen LogP contribution in [-0.4, -0.2) is 61.2 Å². The van der Waals surface area contributed by atoms with Crippen molar-refractivity contribution in [3.8, 4) is 0 Å². The highest BCUT2D eigenvalue weighted by molar-refractivity contribution is 6.01. The molecule has 1 aromatic heterocycles. The number of nitrogens with zero attached hydrogens (tertiary/aromatic N) is 2. The lowest BCUT2D eigenvalue weighted by Gasteiger charge is -2.47. The van der Waals surface area contributed by atoms with Gasteiger partial charge in [0.2, 0.25) is 11.6 Å². The molecule has 3 aliphatic heterocycles. The SMILES string of the molecule is CC1(C)/C=C\N2C(=O)C3(O)C(O)CCN3C(=O)[C@@H]2Cc2c1[nH]c1ccccc21. The van der Waals surface area contributed by atoms with Crippen molar-refractivity contribution in [2.45, 2.75) is 50.0 Å². The van der Waals surface area contributed by atoms with E-state index in [1.54, 1.807) is 6.20 Å². The van der Waals surface area contributed by atoms with E-state index in [-0.39, 0.29) is 18.9 Å². The maximum atomic E-state index is 13.2. The molecule has 1 aromatic carbocycles. The number of piperazine rings is 1. The Morgan fingerprint density at radius 1 is 1.21 bits per heavy atom. The number of fused-ring (bicyclic) bond motifs is 5. The largest absolute Gasteiger partial charge is 0.387 e. The van der Waals surface area contributed by atoms with Crippen LogP contribution in [0.25, 0.3) is 10.9 Å². The lowest BCUT2D eigenvalue weighted by Crippen LogP contribution is -2.71. The Bertz CT molecular complexity index is 1040. The molecule has 0 spiro atoms. The highest BCUT2D eigenvalue weighted by Gasteiger charge is 2.62. The Morgan fingerprint density at radius 3 is 2.75 bits per heavy atom. The molecule has 2 fully saturated rings. The number of benzene rings is 1. The minimum Gasteiger partial charge on any atom is -0.387 e. The van der Waals surface area contributed by atoms with Gasteiger partial charge in [0, 0.05) is 41.2 Å². The van der Waals surface area contributed by atoms with E-state index < -0.39 is 29.2 Å². The van der Waals surface area contributed by atoms with Gasteiger partial charge >= 0.3 is 0 Å². The fourth-order valence-corrected chi connectivity index (χ4v) is 4.83. The van der Waals surface area contributed by atoms with Gasteiger partial charge in [0.15, 0.2) is 0 Å². The number of rotatable bonds is 0. The van der Waals surface area contributed by atoms with Gasteiger partial charge in [-0.05, 0) is 18.1 Å². The van der Waals surface area contributed by atoms with Crippen LogP contribution in [0.15, 0.2) is 36.5 Å². The standard InChI is InChI=1S/C21H23N3O4/c1-20(2)8-10-23-15(11-13-12-5-3-4-6-14(12)22-17(13)20)18(26)24-9-7-16(25)21(24,28)19(23)27/h3-6,8,10,15-16,22,25,28H,7,9,11H2,1-2H3/b10-8-/t15-,16?,21?/m0/s1. The maximum Gasteiger partial charge on any atom is 0.283 e. The monoisotopic (exact) mass is 381 g/mol. The maximum absolute atomic E-state index is 13.2. The second kappa shape index (κ2) is 5.46. The molecule has 0 saturated carbocycles. The highest BCUT2D eigenvalue weighted by Crippen LogP contribution is 2.40. The zero-order chi connectivity index (χ0) is 19.8. The number of amides is 2. The molecular formula is C21H23N3O4. The molecule has 28 heavy (non-hydrogen) atoms. The summed E-state index contributed by atoms with van der Waals surface area (Å²) < 4.78 is 0. The number of H-pyrrole nitrogens is 1. The summed E-state index contributed by atoms with van der Waals surface area (Å²) in [7, 11) is 0. The van der Waals surface area contributed by atoms with E-state index in [0.29, 0.717) is 6.42 Å². The topological polar surface area (TPSA) is 96.9 Å². The predicted octanol–water partition coefficient (Wildman–Crippen LogP) is 1.01. The number of carbonyl (C=O) groups excluding carboxylic acids is 2. The van der Waals surface area contributed by atoms with Gasteiger partial charge in [-0.3, -0.25) is 9.59 Å². The number of nitrogens with one attached hydrogen (secondary N) is 1. The van der Waals surface area contributed by atoms with Crippen molar-refractivity contribution in [1.29, 1.82) is 0 Å². The van der Waals surface area contributed by atoms with Crippen LogP contribution in [0.2, 0.25) is 0 Å². The Labute approximate surface area is 162 Å². The van der Waals surface area contributed by atoms with Crippen molar-refractivity contribution in [3.63, 3.8) is 0 Å². The van der Waals surface area contributed by atoms with Crippen molar-refractivity contribution in [3.05, 3.63) is 47.8 Å². The van der Waals surface area contributed by atoms with Crippen LogP contribution < -0.4 is 0 Å². The number of aliphatic hydroxyl groups is 2. The summed E-state index contributed by atoms with van der Waals surface area (Å²) in [6.07, 6.45) is 2.72. The van der Waals surface area contributed by atoms with Gasteiger partial charge < -0.3 is 25.0 Å². The Kier molecular flexibility index (Phi) is 3.40. The molecule has 0 bridgehead atoms. The molecule has 2 saturated heterocycles. The summed E-state index contributed by atoms with van der Waals surface area (Å²) in [4.78, 5) is 32.4. The van der Waals surface area contributed by atoms with Gasteiger partial charge in [-0.1, -0.05) is 38.1 Å². The van der Waals surface area contributed by atoms with Crippen molar-refractivity contribution in [1.82, 2.24) is 14.8 Å². The third-order valence-electron chi connectivity index (χ3n) is 6.45. The van der Waals surface area contributed by atoms with Crippen LogP contribution in [0.4, 0.5) is 0 Å². The van der Waals surface area contributed by atoms with E-state index in [0.717, 1.165) is 27.1 Å². The lowest BCUT2D eigenvalue weighted by molar-refractivity contribution is -0.202. The normalized spacial score (nSPS) is 32.6. The number of aliphatic hydroxyl groups excluding tert-OH is 1. The van der Waals surface area contributed by atoms with E-state index in [1.807, 2.05) is 44.2 Å². The van der Waals surface area contributed by atoms with Crippen LogP contribution in [0.5, 0.6) is 0 Å². The third-order valence-corrected chi connectivity index (χ3v) is 6.45. The molecule has 5 rings (SSSR count). The van der Waals surface area contributed by atoms with Crippen molar-refractivity contribution in [2.24, 2.45) is 0 Å². The highest BCUT2D eigenvalue weighted by atomic mass is 16.4. The van der Waals surface area contributed by atoms with E-state index in [4.69, 9.17) is 0 Å². The van der Waals surface area contributed by atoms with Crippen molar-refractivity contribution >= 4 is 22.7 Å². The molecule has 4 heterocycles. The summed E-state index contributed by atoms with van der Waals surface area (Å²) in [5, 5.41) is 22.2. The smallest absolute Gasteiger partial charge is 0.283 e. The average Bonchev–Trinajstić information content (AvgIpc) is 3.18. The number of hydrogen-bond donors (Lipinski definition) is 3. The fraction of sp³-hybridized carbons (Fsp3) is 0.429. The summed E-state index contributed by atoms with van der Waals surface area (Å²) in [5.41, 5.74) is 0.435. The Hall–Kier alpha value is -2.64. The summed E-state index contributed by atoms with van der Waals surface area (Å²) in [5.74, 6) is -0.975. The molecule has 3 N–H and O–H groups in total. The predicted molar refractivity (Wildman–Crippen MR) is 102 cm³/mol. The molecule has 3 atom stereocenters. The first kappa shape index (κ1) is 17.5. The van der Waals surface area contributed by atoms with Crippen LogP contribution in [0.1, 0.15) is 31.5 Å². The summed E-state index contributed by atoms with van der Waals surface area (Å²) >= 11 is 0. The first-order valence-corrected chi connectivity index (χ1v) is 9.59. The zero-order valence-electron chi connectivity index (χ0n) is 15.8. The molecule has 7 nitrogen and oxygen atoms in total. The van der Waals surface area contributed by atoms with Crippen LogP contribution in [0, 0.1) is 0 Å². The second-order valence-corrected chi connectivity index (χ2v) is 8.51. The van der Waals surface area contributed by atoms with Gasteiger partial charge in [0.1, 0.15) is 12.1 Å². The molecule has 7 heteroatoms. The van der Waals surface area contributed by atoms with Crippen LogP contribution >= 0.6 is 0 Å². The van der Waals surface area contributed by atoms with E-state index in [1.165, 1.54) is 4.90 Å². The van der Waals surface area contributed by atoms with E-state index >= 15 is 0 Å². The van der Waals surface area contributed by atoms with Gasteiger partial charge in [0.05, 0.1) is 0 Å². The first-order chi connectivity index (χ1) is 13.2. The number of carbonyl (C=O) groups is 2. The summed E-state index contributed by atoms with van der Waals surface area (Å²) in [6, 6.07) is 7.19. The van der Waals surface area contributed by atoms with Gasteiger partial charge in [-0.15, -0.1) is 0 Å². The molecule has 2 aromatic rings. The molecule has 3 aliphatic rings. The summed E-state index contributed by atoms with van der Waals surface area (Å²) in [6.45, 7) is 4.25. The number of hydrogen-bond acceptors (Lipinski definition) is 4. The van der Waals surface area contributed by atoms with Crippen molar-refractivity contribution in [2.75, 3.05) is 6.54 Å². The minimum absolute atomic E-state index is 0.169. The van der Waals surface area contributed by atoms with Gasteiger partial charge in [-0.25, -0.2) is 0 Å². The molecule has 0 aliphatic carbocycles. The third kappa shape index (κ3) is 2.06. The van der Waals surface area contributed by atoms with Gasteiger partial charge in [-0.2, -0.15) is 0 Å². The Morgan fingerprint density at radius 2 is 1.96 bits per heavy atom. The van der Waals surface area contributed by atoms with E-state index in [2.05, 4.69) is 4.98 Å². The number of aromatic amines is 1.